The third kappa shape index (κ3) is 2.48. The van der Waals surface area contributed by atoms with Crippen molar-refractivity contribution in [1.82, 2.24) is 5.32 Å². The molecule has 2 unspecified atom stereocenters. The minimum absolute atomic E-state index is 0.266. The van der Waals surface area contributed by atoms with Gasteiger partial charge in [-0.15, -0.1) is 0 Å². The van der Waals surface area contributed by atoms with Crippen molar-refractivity contribution < 1.29 is 4.74 Å². The molecule has 0 aliphatic heterocycles. The van der Waals surface area contributed by atoms with E-state index in [4.69, 9.17) is 16.3 Å². The molecule has 1 aliphatic carbocycles. The van der Waals surface area contributed by atoms with Gasteiger partial charge in [0.1, 0.15) is 11.9 Å². The molecule has 106 valence electrons. The fraction of sp³-hybridized carbons (Fsp3) is 0.625. The van der Waals surface area contributed by atoms with E-state index < -0.39 is 0 Å². The zero-order chi connectivity index (χ0) is 14.0. The highest BCUT2D eigenvalue weighted by Gasteiger charge is 2.53. The molecule has 0 spiro atoms. The van der Waals surface area contributed by atoms with Crippen LogP contribution in [-0.4, -0.2) is 19.2 Å². The van der Waals surface area contributed by atoms with Gasteiger partial charge in [0.05, 0.1) is 0 Å². The Bertz CT molecular complexity index is 442. The Hall–Kier alpha value is -0.730. The second kappa shape index (κ2) is 5.72. The van der Waals surface area contributed by atoms with Gasteiger partial charge in [-0.25, -0.2) is 0 Å². The van der Waals surface area contributed by atoms with E-state index in [0.29, 0.717) is 12.1 Å². The molecule has 1 saturated carbocycles. The van der Waals surface area contributed by atoms with E-state index in [9.17, 15) is 0 Å². The number of halogens is 1. The van der Waals surface area contributed by atoms with E-state index in [2.05, 4.69) is 19.2 Å². The Balaban J connectivity index is 2.13. The van der Waals surface area contributed by atoms with Crippen LogP contribution in [0.15, 0.2) is 18.2 Å². The molecule has 0 aromatic heterocycles. The van der Waals surface area contributed by atoms with Crippen LogP contribution in [0, 0.1) is 12.3 Å². The Labute approximate surface area is 121 Å². The lowest BCUT2D eigenvalue weighted by Gasteiger charge is -2.55. The Kier molecular flexibility index (Phi) is 4.42. The average Bonchev–Trinajstić information content (AvgIpc) is 2.40. The summed E-state index contributed by atoms with van der Waals surface area (Å²) in [6.45, 7) is 6.53. The third-order valence-electron chi connectivity index (χ3n) is 4.86. The second-order valence-corrected chi connectivity index (χ2v) is 5.94. The summed E-state index contributed by atoms with van der Waals surface area (Å²) in [6, 6.07) is 6.49. The molecule has 1 aliphatic rings. The lowest BCUT2D eigenvalue weighted by molar-refractivity contribution is -0.0835. The third-order valence-corrected chi connectivity index (χ3v) is 5.28. The molecule has 2 atom stereocenters. The van der Waals surface area contributed by atoms with Crippen LogP contribution in [0.5, 0.6) is 5.75 Å². The lowest BCUT2D eigenvalue weighted by Crippen LogP contribution is -2.63. The van der Waals surface area contributed by atoms with Gasteiger partial charge >= 0.3 is 0 Å². The topological polar surface area (TPSA) is 21.3 Å². The normalized spacial score (nSPS) is 24.9. The van der Waals surface area contributed by atoms with Gasteiger partial charge in [0.2, 0.25) is 0 Å². The smallest absolute Gasteiger partial charge is 0.120 e. The average molecular weight is 282 g/mol. The maximum Gasteiger partial charge on any atom is 0.120 e. The van der Waals surface area contributed by atoms with E-state index in [-0.39, 0.29) is 5.41 Å². The summed E-state index contributed by atoms with van der Waals surface area (Å²) in [7, 11) is 2.05. The Morgan fingerprint density at radius 1 is 1.37 bits per heavy atom. The molecule has 1 aromatic carbocycles. The molecule has 2 rings (SSSR count). The van der Waals surface area contributed by atoms with Gasteiger partial charge in [0, 0.05) is 22.9 Å². The SMILES string of the molecule is CCC1(CC)C(NC)CC1Oc1ccc(Cl)c(C)c1. The number of benzene rings is 1. The van der Waals surface area contributed by atoms with Crippen LogP contribution in [0.3, 0.4) is 0 Å². The molecular weight excluding hydrogens is 258 g/mol. The lowest BCUT2D eigenvalue weighted by atomic mass is 9.58. The van der Waals surface area contributed by atoms with Crippen molar-refractivity contribution in [2.75, 3.05) is 7.05 Å². The van der Waals surface area contributed by atoms with Gasteiger partial charge in [0.15, 0.2) is 0 Å². The van der Waals surface area contributed by atoms with Crippen molar-refractivity contribution in [3.05, 3.63) is 28.8 Å². The van der Waals surface area contributed by atoms with Gasteiger partial charge in [-0.1, -0.05) is 25.4 Å². The van der Waals surface area contributed by atoms with Crippen LogP contribution in [0.1, 0.15) is 38.7 Å². The van der Waals surface area contributed by atoms with E-state index in [1.165, 1.54) is 0 Å². The van der Waals surface area contributed by atoms with E-state index in [0.717, 1.165) is 35.6 Å². The first-order valence-electron chi connectivity index (χ1n) is 7.17. The fourth-order valence-corrected chi connectivity index (χ4v) is 3.49. The van der Waals surface area contributed by atoms with Crippen molar-refractivity contribution in [1.29, 1.82) is 0 Å². The number of hydrogen-bond acceptors (Lipinski definition) is 2. The molecule has 2 nitrogen and oxygen atoms in total. The number of hydrogen-bond donors (Lipinski definition) is 1. The summed E-state index contributed by atoms with van der Waals surface area (Å²) >= 11 is 6.06. The summed E-state index contributed by atoms with van der Waals surface area (Å²) < 4.78 is 6.22. The first-order chi connectivity index (χ1) is 9.07. The number of ether oxygens (including phenoxy) is 1. The molecule has 0 amide bonds. The van der Waals surface area contributed by atoms with Crippen LogP contribution < -0.4 is 10.1 Å². The van der Waals surface area contributed by atoms with Crippen LogP contribution >= 0.6 is 11.6 Å². The molecule has 0 radical (unpaired) electrons. The van der Waals surface area contributed by atoms with Crippen LogP contribution in [0.4, 0.5) is 0 Å². The van der Waals surface area contributed by atoms with Gasteiger partial charge in [-0.2, -0.15) is 0 Å². The Morgan fingerprint density at radius 2 is 2.05 bits per heavy atom. The first kappa shape index (κ1) is 14.7. The largest absolute Gasteiger partial charge is 0.490 e. The highest BCUT2D eigenvalue weighted by Crippen LogP contribution is 2.48. The second-order valence-electron chi connectivity index (χ2n) is 5.53. The zero-order valence-corrected chi connectivity index (χ0v) is 13.1. The van der Waals surface area contributed by atoms with Gasteiger partial charge in [-0.05, 0) is 50.6 Å². The molecule has 0 bridgehead atoms. The predicted molar refractivity (Wildman–Crippen MR) is 81.1 cm³/mol. The number of nitrogens with one attached hydrogen (secondary N) is 1. The quantitative estimate of drug-likeness (QED) is 0.874. The molecule has 1 fully saturated rings. The molecule has 0 heterocycles. The van der Waals surface area contributed by atoms with E-state index in [1.807, 2.05) is 32.2 Å². The summed E-state index contributed by atoms with van der Waals surface area (Å²) in [6.07, 6.45) is 3.68. The van der Waals surface area contributed by atoms with E-state index >= 15 is 0 Å². The van der Waals surface area contributed by atoms with Crippen LogP contribution in [0.25, 0.3) is 0 Å². The standard InChI is InChI=1S/C16H24ClNO/c1-5-16(6-2)14(18-4)10-15(16)19-12-7-8-13(17)11(3)9-12/h7-9,14-15,18H,5-6,10H2,1-4H3. The highest BCUT2D eigenvalue weighted by molar-refractivity contribution is 6.31. The first-order valence-corrected chi connectivity index (χ1v) is 7.55. The van der Waals surface area contributed by atoms with Gasteiger partial charge < -0.3 is 10.1 Å². The van der Waals surface area contributed by atoms with Gasteiger partial charge in [0.25, 0.3) is 0 Å². The van der Waals surface area contributed by atoms with Crippen LogP contribution in [-0.2, 0) is 0 Å². The molecule has 1 N–H and O–H groups in total. The number of rotatable bonds is 5. The summed E-state index contributed by atoms with van der Waals surface area (Å²) in [5.41, 5.74) is 1.34. The molecule has 3 heteroatoms. The highest BCUT2D eigenvalue weighted by atomic mass is 35.5. The summed E-state index contributed by atoms with van der Waals surface area (Å²) in [5, 5.41) is 4.23. The van der Waals surface area contributed by atoms with Crippen LogP contribution in [0.2, 0.25) is 5.02 Å². The molecule has 19 heavy (non-hydrogen) atoms. The zero-order valence-electron chi connectivity index (χ0n) is 12.3. The van der Waals surface area contributed by atoms with Crippen molar-refractivity contribution in [3.8, 4) is 5.75 Å². The minimum atomic E-state index is 0.266. The maximum atomic E-state index is 6.22. The summed E-state index contributed by atoms with van der Waals surface area (Å²) in [5.74, 6) is 0.938. The summed E-state index contributed by atoms with van der Waals surface area (Å²) in [4.78, 5) is 0. The van der Waals surface area contributed by atoms with Crippen molar-refractivity contribution in [2.45, 2.75) is 52.2 Å². The van der Waals surface area contributed by atoms with Crippen molar-refractivity contribution in [3.63, 3.8) is 0 Å². The van der Waals surface area contributed by atoms with E-state index in [1.54, 1.807) is 0 Å². The van der Waals surface area contributed by atoms with Gasteiger partial charge in [-0.3, -0.25) is 0 Å². The molecule has 0 saturated heterocycles. The predicted octanol–water partition coefficient (Wildman–Crippen LogP) is 4.19. The minimum Gasteiger partial charge on any atom is -0.490 e. The molecule has 1 aromatic rings. The van der Waals surface area contributed by atoms with Crippen molar-refractivity contribution >= 4 is 11.6 Å². The Morgan fingerprint density at radius 3 is 2.58 bits per heavy atom. The fourth-order valence-electron chi connectivity index (χ4n) is 3.37. The maximum absolute atomic E-state index is 6.22. The molecular formula is C16H24ClNO. The monoisotopic (exact) mass is 281 g/mol. The van der Waals surface area contributed by atoms with Crippen molar-refractivity contribution in [2.24, 2.45) is 5.41 Å². The number of aryl methyl sites for hydroxylation is 1.